The molecule has 11 heteroatoms. The second kappa shape index (κ2) is 17.2. The number of carbonyl (C=O) groups excluding carboxylic acids is 5. The molecule has 1 unspecified atom stereocenters. The molecule has 0 bridgehead atoms. The lowest BCUT2D eigenvalue weighted by Crippen LogP contribution is -2.25. The number of nitrogens with zero attached hydrogens (tertiary/aromatic N) is 3. The van der Waals surface area contributed by atoms with Gasteiger partial charge in [-0.3, -0.25) is 14.4 Å². The third kappa shape index (κ3) is 8.27. The molecule has 2 heterocycles. The Kier molecular flexibility index (Phi) is 12.0. The molecule has 0 radical (unpaired) electrons. The first-order valence-corrected chi connectivity index (χ1v) is 19.0. The zero-order valence-electron chi connectivity index (χ0n) is 30.9. The van der Waals surface area contributed by atoms with Crippen molar-refractivity contribution in [2.24, 2.45) is 16.2 Å². The van der Waals surface area contributed by atoms with Gasteiger partial charge in [0.05, 0.1) is 11.0 Å². The van der Waals surface area contributed by atoms with Crippen molar-refractivity contribution < 1.29 is 33.6 Å². The Bertz CT molecular complexity index is 2460. The number of carbonyl (C=O) groups is 5. The Morgan fingerprint density at radius 2 is 1.31 bits per heavy atom. The van der Waals surface area contributed by atoms with E-state index in [9.17, 15) is 24.0 Å². The fraction of sp³-hybridized carbons (Fsp3) is 0.205. The predicted molar refractivity (Wildman–Crippen MR) is 215 cm³/mol. The minimum Gasteiger partial charge on any atom is -0.318 e. The molecule has 4 aromatic carbocycles. The number of hydrogen-bond acceptors (Lipinski definition) is 10. The molecule has 6 aromatic rings. The minimum atomic E-state index is -0.637. The Morgan fingerprint density at radius 3 is 1.89 bits per heavy atom. The van der Waals surface area contributed by atoms with E-state index < -0.39 is 17.7 Å². The molecule has 6 rings (SSSR count). The number of Topliss-reactive ketones (excluding diaryl/α,β-unsaturated/α-hetero) is 2. The van der Waals surface area contributed by atoms with E-state index in [1.807, 2.05) is 60.9 Å². The van der Waals surface area contributed by atoms with Crippen molar-refractivity contribution in [3.05, 3.63) is 136 Å². The van der Waals surface area contributed by atoms with E-state index in [4.69, 9.17) is 9.68 Å². The topological polar surface area (TPSA) is 133 Å². The molecule has 0 saturated heterocycles. The van der Waals surface area contributed by atoms with Crippen LogP contribution in [-0.2, 0) is 14.5 Å². The van der Waals surface area contributed by atoms with Crippen LogP contribution in [0.3, 0.4) is 0 Å². The Hall–Kier alpha value is -6.33. The summed E-state index contributed by atoms with van der Waals surface area (Å²) in [4.78, 5) is 76.0. The van der Waals surface area contributed by atoms with Crippen molar-refractivity contribution >= 4 is 73.9 Å². The van der Waals surface area contributed by atoms with E-state index in [1.165, 1.54) is 18.3 Å². The third-order valence-electron chi connectivity index (χ3n) is 9.31. The van der Waals surface area contributed by atoms with E-state index in [0.29, 0.717) is 50.7 Å². The minimum absolute atomic E-state index is 0.00101. The molecule has 1 atom stereocenters. The molecule has 0 aliphatic heterocycles. The summed E-state index contributed by atoms with van der Waals surface area (Å²) in [5, 5.41) is 11.0. The van der Waals surface area contributed by atoms with Crippen LogP contribution in [0.2, 0.25) is 0 Å². The highest BCUT2D eigenvalue weighted by Crippen LogP contribution is 2.34. The van der Waals surface area contributed by atoms with Gasteiger partial charge in [-0.25, -0.2) is 9.59 Å². The molecule has 0 spiro atoms. The maximum absolute atomic E-state index is 14.3. The smallest absolute Gasteiger partial charge is 0.318 e. The van der Waals surface area contributed by atoms with Crippen LogP contribution >= 0.6 is 11.3 Å². The Balaban J connectivity index is 1.47. The lowest BCUT2D eigenvalue weighted by Gasteiger charge is -2.15. The number of oxime groups is 2. The molecule has 0 saturated carbocycles. The fourth-order valence-corrected chi connectivity index (χ4v) is 6.99. The van der Waals surface area contributed by atoms with Gasteiger partial charge in [0.25, 0.3) is 0 Å². The molecule has 0 amide bonds. The van der Waals surface area contributed by atoms with Crippen molar-refractivity contribution in [2.45, 2.75) is 53.4 Å². The van der Waals surface area contributed by atoms with Crippen LogP contribution in [0.5, 0.6) is 0 Å². The second-order valence-electron chi connectivity index (χ2n) is 12.9. The lowest BCUT2D eigenvalue weighted by molar-refractivity contribution is -0.143. The molecule has 0 aliphatic rings. The van der Waals surface area contributed by atoms with E-state index in [-0.39, 0.29) is 35.3 Å². The van der Waals surface area contributed by atoms with Gasteiger partial charge < -0.3 is 14.2 Å². The van der Waals surface area contributed by atoms with Gasteiger partial charge in [0.15, 0.2) is 5.78 Å². The summed E-state index contributed by atoms with van der Waals surface area (Å²) >= 11 is 1.22. The molecule has 0 N–H and O–H groups in total. The molecule has 55 heavy (non-hydrogen) atoms. The molecular formula is C44H39N3O7S. The van der Waals surface area contributed by atoms with Crippen LogP contribution in [0.4, 0.5) is 0 Å². The summed E-state index contributed by atoms with van der Waals surface area (Å²) in [5.74, 6) is -2.37. The number of hydrogen-bond donors (Lipinski definition) is 0. The Labute approximate surface area is 322 Å². The van der Waals surface area contributed by atoms with E-state index in [2.05, 4.69) is 10.3 Å². The number of aromatic nitrogens is 1. The highest BCUT2D eigenvalue weighted by molar-refractivity contribution is 7.11. The number of fused-ring (bicyclic) bond motifs is 3. The number of ketones is 3. The number of benzene rings is 4. The number of thiophene rings is 1. The first kappa shape index (κ1) is 38.4. The molecule has 0 aliphatic carbocycles. The maximum Gasteiger partial charge on any atom is 0.375 e. The van der Waals surface area contributed by atoms with Crippen LogP contribution in [0.15, 0.2) is 119 Å². The van der Waals surface area contributed by atoms with Crippen molar-refractivity contribution in [1.29, 1.82) is 0 Å². The molecule has 0 fully saturated rings. The zero-order valence-corrected chi connectivity index (χ0v) is 31.7. The first-order chi connectivity index (χ1) is 26.6. The summed E-state index contributed by atoms with van der Waals surface area (Å²) in [6.45, 7) is 7.09. The van der Waals surface area contributed by atoms with E-state index in [1.54, 1.807) is 73.0 Å². The Morgan fingerprint density at radius 1 is 0.691 bits per heavy atom. The van der Waals surface area contributed by atoms with Gasteiger partial charge >= 0.3 is 11.9 Å². The van der Waals surface area contributed by atoms with Crippen LogP contribution < -0.4 is 0 Å². The monoisotopic (exact) mass is 753 g/mol. The molecule has 10 nitrogen and oxygen atoms in total. The van der Waals surface area contributed by atoms with Gasteiger partial charge in [-0.1, -0.05) is 73.9 Å². The zero-order chi connectivity index (χ0) is 39.1. The van der Waals surface area contributed by atoms with Crippen LogP contribution in [-0.4, -0.2) is 45.3 Å². The normalized spacial score (nSPS) is 12.4. The third-order valence-corrected chi connectivity index (χ3v) is 10.2. The highest BCUT2D eigenvalue weighted by atomic mass is 32.1. The van der Waals surface area contributed by atoms with Gasteiger partial charge in [0.1, 0.15) is 16.3 Å². The predicted octanol–water partition coefficient (Wildman–Crippen LogP) is 9.81. The van der Waals surface area contributed by atoms with Crippen LogP contribution in [0, 0.1) is 5.92 Å². The largest absolute Gasteiger partial charge is 0.375 e. The van der Waals surface area contributed by atoms with Crippen molar-refractivity contribution in [3.8, 4) is 5.69 Å². The van der Waals surface area contributed by atoms with Crippen LogP contribution in [0.25, 0.3) is 27.5 Å². The van der Waals surface area contributed by atoms with Gasteiger partial charge in [-0.05, 0) is 91.9 Å². The summed E-state index contributed by atoms with van der Waals surface area (Å²) in [6.07, 6.45) is 2.18. The highest BCUT2D eigenvalue weighted by Gasteiger charge is 2.26. The number of rotatable bonds is 15. The molecular weight excluding hydrogens is 715 g/mol. The summed E-state index contributed by atoms with van der Waals surface area (Å²) in [7, 11) is 0. The quantitative estimate of drug-likeness (QED) is 0.0441. The van der Waals surface area contributed by atoms with E-state index >= 15 is 0 Å². The maximum atomic E-state index is 14.3. The summed E-state index contributed by atoms with van der Waals surface area (Å²) in [6, 6.07) is 30.2. The first-order valence-electron chi connectivity index (χ1n) is 18.1. The SMILES string of the molecule is CCCC(CC)C(=NOC(=O)c1cccs1)C(=O)c1ccc2c(c1)c1cc(C(=O)C(C)=NOC(=O)CC)ccc1n2-c1ccc(C(=O)c2ccccc2)cc1. The van der Waals surface area contributed by atoms with Gasteiger partial charge in [0, 0.05) is 51.1 Å². The molecule has 278 valence electrons. The van der Waals surface area contributed by atoms with Crippen LogP contribution in [0.1, 0.15) is 99.7 Å². The summed E-state index contributed by atoms with van der Waals surface area (Å²) < 4.78 is 2.00. The summed E-state index contributed by atoms with van der Waals surface area (Å²) in [5.41, 5.74) is 4.13. The van der Waals surface area contributed by atoms with Crippen molar-refractivity contribution in [1.82, 2.24) is 4.57 Å². The van der Waals surface area contributed by atoms with Gasteiger partial charge in [0.2, 0.25) is 11.6 Å². The second-order valence-corrected chi connectivity index (χ2v) is 13.9. The average Bonchev–Trinajstić information content (AvgIpc) is 3.88. The van der Waals surface area contributed by atoms with Crippen molar-refractivity contribution in [3.63, 3.8) is 0 Å². The average molecular weight is 754 g/mol. The van der Waals surface area contributed by atoms with E-state index in [0.717, 1.165) is 23.1 Å². The van der Waals surface area contributed by atoms with Crippen molar-refractivity contribution in [2.75, 3.05) is 0 Å². The fourth-order valence-electron chi connectivity index (χ4n) is 6.40. The standard InChI is InChI=1S/C44H39N3O7S/c1-5-12-28(6-2)40(46-54-44(52)38-15-11-24-55-38)43(51)32-19-23-37-35(26-32)34-25-31(41(49)27(4)45-53-39(48)7-3)18-22-36(34)47(37)33-20-16-30(17-21-33)42(50)29-13-9-8-10-14-29/h8-11,13-26,28H,5-7,12H2,1-4H3. The van der Waals surface area contributed by atoms with Gasteiger partial charge in [-0.2, -0.15) is 0 Å². The molecule has 2 aromatic heterocycles. The lowest BCUT2D eigenvalue weighted by atomic mass is 9.89. The van der Waals surface area contributed by atoms with Gasteiger partial charge in [-0.15, -0.1) is 11.3 Å².